The van der Waals surface area contributed by atoms with Gasteiger partial charge in [-0.15, -0.1) is 23.7 Å². The third-order valence-corrected chi connectivity index (χ3v) is 7.72. The van der Waals surface area contributed by atoms with E-state index in [0.717, 1.165) is 34.6 Å². The highest BCUT2D eigenvalue weighted by Gasteiger charge is 2.26. The van der Waals surface area contributed by atoms with Gasteiger partial charge < -0.3 is 9.64 Å². The van der Waals surface area contributed by atoms with E-state index in [1.807, 2.05) is 24.3 Å². The normalized spacial score (nSPS) is 11.2. The molecule has 0 N–H and O–H groups in total. The average Bonchev–Trinajstić information content (AvgIpc) is 3.42. The molecule has 2 heterocycles. The van der Waals surface area contributed by atoms with Crippen LogP contribution in [-0.4, -0.2) is 54.1 Å². The summed E-state index contributed by atoms with van der Waals surface area (Å²) in [5.74, 6) is 0.487. The zero-order valence-corrected chi connectivity index (χ0v) is 21.2. The molecule has 170 valence electrons. The number of hydrogen-bond donors (Lipinski definition) is 0. The van der Waals surface area contributed by atoms with Crippen molar-refractivity contribution in [1.82, 2.24) is 14.9 Å². The smallest absolute Gasteiger partial charge is 0.289 e. The molecule has 6 nitrogen and oxygen atoms in total. The van der Waals surface area contributed by atoms with Crippen LogP contribution in [-0.2, 0) is 0 Å². The van der Waals surface area contributed by atoms with E-state index in [4.69, 9.17) is 21.3 Å². The van der Waals surface area contributed by atoms with Gasteiger partial charge in [-0.3, -0.25) is 9.69 Å². The molecule has 0 saturated carbocycles. The van der Waals surface area contributed by atoms with Crippen molar-refractivity contribution >= 4 is 78.2 Å². The maximum atomic E-state index is 13.6. The van der Waals surface area contributed by atoms with Crippen LogP contribution in [0.2, 0.25) is 5.02 Å². The first-order valence-corrected chi connectivity index (χ1v) is 12.1. The van der Waals surface area contributed by atoms with Crippen LogP contribution < -0.4 is 9.64 Å². The molecule has 4 rings (SSSR count). The molecule has 0 aliphatic rings. The highest BCUT2D eigenvalue weighted by molar-refractivity contribution is 7.23. The molecule has 0 fully saturated rings. The first-order chi connectivity index (χ1) is 15.0. The maximum Gasteiger partial charge on any atom is 0.289 e. The number of amides is 1. The third-order valence-electron chi connectivity index (χ3n) is 5.15. The van der Waals surface area contributed by atoms with Crippen LogP contribution in [0.3, 0.4) is 0 Å². The van der Waals surface area contributed by atoms with Crippen LogP contribution in [0.25, 0.3) is 20.4 Å². The molecule has 0 bridgehead atoms. The summed E-state index contributed by atoms with van der Waals surface area (Å²) in [5.41, 5.74) is 1.49. The van der Waals surface area contributed by atoms with Gasteiger partial charge in [0.15, 0.2) is 10.1 Å². The van der Waals surface area contributed by atoms with Gasteiger partial charge in [0, 0.05) is 13.1 Å². The number of halogens is 2. The van der Waals surface area contributed by atoms with Crippen LogP contribution in [0.1, 0.15) is 23.6 Å². The molecule has 0 unspecified atom stereocenters. The van der Waals surface area contributed by atoms with Gasteiger partial charge in [-0.25, -0.2) is 9.97 Å². The van der Waals surface area contributed by atoms with Crippen LogP contribution in [0, 0.1) is 0 Å². The predicted octanol–water partition coefficient (Wildman–Crippen LogP) is 5.98. The second-order valence-electron chi connectivity index (χ2n) is 6.89. The Hall–Kier alpha value is -1.97. The average molecular weight is 512 g/mol. The minimum Gasteiger partial charge on any atom is -0.494 e. The maximum absolute atomic E-state index is 13.6. The van der Waals surface area contributed by atoms with Gasteiger partial charge in [-0.05, 0) is 37.4 Å². The number of anilines is 1. The van der Waals surface area contributed by atoms with Crippen molar-refractivity contribution in [2.45, 2.75) is 13.8 Å². The summed E-state index contributed by atoms with van der Waals surface area (Å²) >= 11 is 9.22. The van der Waals surface area contributed by atoms with Gasteiger partial charge in [0.1, 0.15) is 11.3 Å². The van der Waals surface area contributed by atoms with Gasteiger partial charge in [-0.2, -0.15) is 0 Å². The number of aromatic nitrogens is 2. The van der Waals surface area contributed by atoms with Crippen LogP contribution in [0.15, 0.2) is 36.4 Å². The summed E-state index contributed by atoms with van der Waals surface area (Å²) < 4.78 is 7.25. The number of ether oxygens (including phenoxy) is 1. The van der Waals surface area contributed by atoms with E-state index in [2.05, 4.69) is 23.7 Å². The highest BCUT2D eigenvalue weighted by atomic mass is 35.5. The van der Waals surface area contributed by atoms with E-state index in [-0.39, 0.29) is 18.3 Å². The van der Waals surface area contributed by atoms with E-state index in [0.29, 0.717) is 33.0 Å². The SMILES string of the molecule is CCN(CC)CCN(C(=O)c1nc2ccccc2s1)c1nc2c(OC)ccc(Cl)c2s1.Cl. The minimum absolute atomic E-state index is 0. The Labute approximate surface area is 206 Å². The Bertz CT molecular complexity index is 1190. The fourth-order valence-corrected chi connectivity index (χ4v) is 5.56. The quantitative estimate of drug-likeness (QED) is 0.291. The second-order valence-corrected chi connectivity index (χ2v) is 9.31. The van der Waals surface area contributed by atoms with E-state index < -0.39 is 0 Å². The van der Waals surface area contributed by atoms with E-state index in [1.54, 1.807) is 24.1 Å². The summed E-state index contributed by atoms with van der Waals surface area (Å²) in [6, 6.07) is 11.4. The zero-order valence-electron chi connectivity index (χ0n) is 18.0. The number of methoxy groups -OCH3 is 1. The molecule has 1 amide bonds. The summed E-state index contributed by atoms with van der Waals surface area (Å²) in [5, 5.41) is 1.64. The van der Waals surface area contributed by atoms with E-state index in [1.165, 1.54) is 22.7 Å². The monoisotopic (exact) mass is 510 g/mol. The molecule has 0 aliphatic carbocycles. The van der Waals surface area contributed by atoms with E-state index >= 15 is 0 Å². The molecular formula is C22H24Cl2N4O2S2. The van der Waals surface area contributed by atoms with Gasteiger partial charge in [0.05, 0.1) is 27.0 Å². The summed E-state index contributed by atoms with van der Waals surface area (Å²) in [6.07, 6.45) is 0. The van der Waals surface area contributed by atoms with Crippen molar-refractivity contribution in [2.75, 3.05) is 38.2 Å². The van der Waals surface area contributed by atoms with Crippen LogP contribution in [0.5, 0.6) is 5.75 Å². The van der Waals surface area contributed by atoms with Crippen molar-refractivity contribution in [2.24, 2.45) is 0 Å². The molecule has 0 radical (unpaired) electrons. The van der Waals surface area contributed by atoms with Crippen LogP contribution in [0.4, 0.5) is 5.13 Å². The number of hydrogen-bond acceptors (Lipinski definition) is 7. The van der Waals surface area contributed by atoms with Crippen molar-refractivity contribution < 1.29 is 9.53 Å². The molecule has 2 aromatic heterocycles. The number of carbonyl (C=O) groups excluding carboxylic acids is 1. The van der Waals surface area contributed by atoms with Gasteiger partial charge >= 0.3 is 0 Å². The fraction of sp³-hybridized carbons (Fsp3) is 0.318. The molecule has 32 heavy (non-hydrogen) atoms. The minimum atomic E-state index is -0.150. The standard InChI is InChI=1S/C22H23ClN4O2S2.ClH/c1-4-26(5-2)12-13-27(21(28)20-24-15-8-6-7-9-17(15)30-20)22-25-18-16(29-3)11-10-14(23)19(18)31-22;/h6-11H,4-5,12-13H2,1-3H3;1H. The molecule has 10 heteroatoms. The number of likely N-dealkylation sites (N-methyl/N-ethyl adjacent to an activating group) is 1. The number of para-hydroxylation sites is 1. The fourth-order valence-electron chi connectivity index (χ4n) is 3.37. The van der Waals surface area contributed by atoms with Crippen molar-refractivity contribution in [3.63, 3.8) is 0 Å². The molecule has 0 spiro atoms. The Morgan fingerprint density at radius 3 is 2.50 bits per heavy atom. The Balaban J connectivity index is 0.00000289. The molecule has 0 atom stereocenters. The largest absolute Gasteiger partial charge is 0.494 e. The number of fused-ring (bicyclic) bond motifs is 2. The predicted molar refractivity (Wildman–Crippen MR) is 138 cm³/mol. The third kappa shape index (κ3) is 4.84. The summed E-state index contributed by atoms with van der Waals surface area (Å²) in [7, 11) is 1.60. The molecule has 4 aromatic rings. The Kier molecular flexibility index (Phi) is 8.30. The first kappa shape index (κ1) is 24.7. The molecule has 0 aliphatic heterocycles. The lowest BCUT2D eigenvalue weighted by Gasteiger charge is -2.24. The van der Waals surface area contributed by atoms with Crippen LogP contribution >= 0.6 is 46.7 Å². The molecular weight excluding hydrogens is 487 g/mol. The highest BCUT2D eigenvalue weighted by Crippen LogP contribution is 2.39. The lowest BCUT2D eigenvalue weighted by molar-refractivity contribution is 0.0983. The van der Waals surface area contributed by atoms with Crippen molar-refractivity contribution in [3.8, 4) is 5.75 Å². The van der Waals surface area contributed by atoms with Crippen molar-refractivity contribution in [3.05, 3.63) is 46.4 Å². The van der Waals surface area contributed by atoms with E-state index in [9.17, 15) is 4.79 Å². The number of nitrogens with zero attached hydrogens (tertiary/aromatic N) is 4. The number of benzene rings is 2. The van der Waals surface area contributed by atoms with Crippen molar-refractivity contribution in [1.29, 1.82) is 0 Å². The lowest BCUT2D eigenvalue weighted by atomic mass is 10.3. The number of carbonyl (C=O) groups is 1. The topological polar surface area (TPSA) is 58.6 Å². The summed E-state index contributed by atoms with van der Waals surface area (Å²) in [6.45, 7) is 7.32. The first-order valence-electron chi connectivity index (χ1n) is 10.1. The van der Waals surface area contributed by atoms with Gasteiger partial charge in [0.2, 0.25) is 0 Å². The number of rotatable bonds is 8. The lowest BCUT2D eigenvalue weighted by Crippen LogP contribution is -2.38. The van der Waals surface area contributed by atoms with Gasteiger partial charge in [0.25, 0.3) is 5.91 Å². The zero-order chi connectivity index (χ0) is 22.0. The molecule has 0 saturated heterocycles. The Morgan fingerprint density at radius 1 is 1.06 bits per heavy atom. The van der Waals surface area contributed by atoms with Gasteiger partial charge in [-0.1, -0.05) is 48.9 Å². The second kappa shape index (κ2) is 10.8. The Morgan fingerprint density at radius 2 is 1.81 bits per heavy atom. The number of thiazole rings is 2. The summed E-state index contributed by atoms with van der Waals surface area (Å²) in [4.78, 5) is 26.9. The molecule has 2 aromatic carbocycles.